The fraction of sp³-hybridized carbons (Fsp3) is 0.375. The van der Waals surface area contributed by atoms with Gasteiger partial charge in [-0.15, -0.1) is 0 Å². The maximum Gasteiger partial charge on any atom is 0.274 e. The van der Waals surface area contributed by atoms with Crippen molar-refractivity contribution >= 4 is 21.0 Å². The lowest BCUT2D eigenvalue weighted by atomic mass is 10.1. The molecule has 37 heavy (non-hydrogen) atoms. The summed E-state index contributed by atoms with van der Waals surface area (Å²) in [6, 6.07) is 2.97. The minimum Gasteiger partial charge on any atom is -0.480 e. The van der Waals surface area contributed by atoms with Gasteiger partial charge >= 0.3 is 0 Å². The molecule has 4 aromatic heterocycles. The Labute approximate surface area is 213 Å². The number of pyridine rings is 1. The summed E-state index contributed by atoms with van der Waals surface area (Å²) >= 11 is 0. The predicted molar refractivity (Wildman–Crippen MR) is 135 cm³/mol. The average molecular weight is 526 g/mol. The van der Waals surface area contributed by atoms with E-state index in [1.165, 1.54) is 39.0 Å². The van der Waals surface area contributed by atoms with Gasteiger partial charge in [0.15, 0.2) is 21.3 Å². The molecule has 0 unspecified atom stereocenters. The summed E-state index contributed by atoms with van der Waals surface area (Å²) in [4.78, 5) is 39.7. The van der Waals surface area contributed by atoms with Gasteiger partial charge in [0.1, 0.15) is 23.1 Å². The molecule has 0 radical (unpaired) electrons. The molecule has 0 aliphatic carbocycles. The van der Waals surface area contributed by atoms with Gasteiger partial charge in [-0.25, -0.2) is 33.3 Å². The summed E-state index contributed by atoms with van der Waals surface area (Å²) < 4.78 is 36.3. The zero-order valence-corrected chi connectivity index (χ0v) is 22.0. The molecule has 0 saturated carbocycles. The molecule has 0 aromatic carbocycles. The normalized spacial score (nSPS) is 11.7. The van der Waals surface area contributed by atoms with Crippen LogP contribution in [0.15, 0.2) is 40.5 Å². The van der Waals surface area contributed by atoms with Crippen LogP contribution in [0, 0.1) is 0 Å². The fourth-order valence-corrected chi connectivity index (χ4v) is 4.65. The summed E-state index contributed by atoms with van der Waals surface area (Å²) in [7, 11) is -0.391. The Balaban J connectivity index is 1.73. The van der Waals surface area contributed by atoms with Crippen LogP contribution in [0.3, 0.4) is 0 Å². The number of ether oxygens (including phenoxy) is 2. The molecule has 0 atom stereocenters. The van der Waals surface area contributed by atoms with Crippen LogP contribution in [0.2, 0.25) is 0 Å². The molecule has 12 nitrogen and oxygen atoms in total. The summed E-state index contributed by atoms with van der Waals surface area (Å²) in [6.07, 6.45) is 4.91. The first-order valence-electron chi connectivity index (χ1n) is 11.6. The molecule has 13 heteroatoms. The highest BCUT2D eigenvalue weighted by Gasteiger charge is 2.21. The Morgan fingerprint density at radius 2 is 1.65 bits per heavy atom. The van der Waals surface area contributed by atoms with Crippen molar-refractivity contribution in [2.24, 2.45) is 0 Å². The number of rotatable bonds is 9. The third kappa shape index (κ3) is 5.12. The van der Waals surface area contributed by atoms with Crippen LogP contribution in [-0.2, 0) is 22.7 Å². The van der Waals surface area contributed by atoms with Gasteiger partial charge in [-0.2, -0.15) is 0 Å². The van der Waals surface area contributed by atoms with Crippen molar-refractivity contribution in [3.05, 3.63) is 52.6 Å². The Hall–Kier alpha value is -4.00. The van der Waals surface area contributed by atoms with Crippen molar-refractivity contribution in [1.82, 2.24) is 34.5 Å². The number of hydrogen-bond acceptors (Lipinski definition) is 11. The van der Waals surface area contributed by atoms with Crippen LogP contribution in [0.25, 0.3) is 22.6 Å². The second kappa shape index (κ2) is 10.5. The van der Waals surface area contributed by atoms with E-state index in [2.05, 4.69) is 29.9 Å². The zero-order valence-electron chi connectivity index (χ0n) is 21.2. The topological polar surface area (TPSA) is 152 Å². The molecule has 4 aromatic rings. The first-order chi connectivity index (χ1) is 17.7. The molecule has 0 amide bonds. The largest absolute Gasteiger partial charge is 0.480 e. The van der Waals surface area contributed by atoms with Gasteiger partial charge in [0, 0.05) is 24.4 Å². The first kappa shape index (κ1) is 26.1. The molecule has 194 valence electrons. The molecule has 0 fully saturated rings. The van der Waals surface area contributed by atoms with Crippen LogP contribution < -0.4 is 15.0 Å². The van der Waals surface area contributed by atoms with Gasteiger partial charge in [0.05, 0.1) is 31.1 Å². The quantitative estimate of drug-likeness (QED) is 0.316. The molecule has 0 spiro atoms. The highest BCUT2D eigenvalue weighted by atomic mass is 32.2. The van der Waals surface area contributed by atoms with Crippen LogP contribution in [0.1, 0.15) is 38.2 Å². The second-order valence-corrected chi connectivity index (χ2v) is 10.7. The monoisotopic (exact) mass is 525 g/mol. The molecular weight excluding hydrogens is 498 g/mol. The van der Waals surface area contributed by atoms with E-state index in [0.29, 0.717) is 41.0 Å². The van der Waals surface area contributed by atoms with Crippen molar-refractivity contribution in [3.8, 4) is 23.1 Å². The molecule has 4 heterocycles. The van der Waals surface area contributed by atoms with Gasteiger partial charge in [-0.3, -0.25) is 14.3 Å². The Morgan fingerprint density at radius 1 is 0.946 bits per heavy atom. The maximum atomic E-state index is 13.4. The molecule has 0 saturated heterocycles. The van der Waals surface area contributed by atoms with Crippen molar-refractivity contribution in [1.29, 1.82) is 0 Å². The lowest BCUT2D eigenvalue weighted by Gasteiger charge is -2.16. The molecule has 4 rings (SSSR count). The molecule has 0 aliphatic rings. The molecule has 0 bridgehead atoms. The third-order valence-corrected chi connectivity index (χ3v) is 7.48. The van der Waals surface area contributed by atoms with Crippen molar-refractivity contribution < 1.29 is 17.9 Å². The smallest absolute Gasteiger partial charge is 0.274 e. The lowest BCUT2D eigenvalue weighted by Crippen LogP contribution is -2.28. The van der Waals surface area contributed by atoms with Gasteiger partial charge < -0.3 is 9.47 Å². The van der Waals surface area contributed by atoms with E-state index in [-0.39, 0.29) is 39.8 Å². The van der Waals surface area contributed by atoms with Gasteiger partial charge in [-0.05, 0) is 32.4 Å². The highest BCUT2D eigenvalue weighted by molar-refractivity contribution is 7.91. The number of sulfone groups is 1. The summed E-state index contributed by atoms with van der Waals surface area (Å²) in [5.74, 6) is 0.708. The minimum absolute atomic E-state index is 0.00439. The van der Waals surface area contributed by atoms with Gasteiger partial charge in [-0.1, -0.05) is 6.92 Å². The number of aromatic nitrogens is 7. The highest BCUT2D eigenvalue weighted by Crippen LogP contribution is 2.33. The van der Waals surface area contributed by atoms with E-state index in [9.17, 15) is 13.2 Å². The Bertz CT molecular complexity index is 1580. The number of aryl methyl sites for hydroxylation is 2. The van der Waals surface area contributed by atoms with E-state index in [0.717, 1.165) is 0 Å². The van der Waals surface area contributed by atoms with E-state index < -0.39 is 9.84 Å². The van der Waals surface area contributed by atoms with Crippen LogP contribution >= 0.6 is 0 Å². The first-order valence-corrected chi connectivity index (χ1v) is 13.2. The SMILES string of the molecule is CCS(=O)(=O)c1ccc(CCc2nc3cnc(-c4c(OC)ncnc4OC)nc3n(C(C)C)c2=O)nc1. The van der Waals surface area contributed by atoms with Crippen LogP contribution in [0.4, 0.5) is 0 Å². The average Bonchev–Trinajstić information content (AvgIpc) is 2.91. The summed E-state index contributed by atoms with van der Waals surface area (Å²) in [5.41, 5.74) is 1.87. The van der Waals surface area contributed by atoms with E-state index in [1.807, 2.05) is 13.8 Å². The van der Waals surface area contributed by atoms with Crippen molar-refractivity contribution in [2.45, 2.75) is 44.6 Å². The van der Waals surface area contributed by atoms with Crippen molar-refractivity contribution in [2.75, 3.05) is 20.0 Å². The van der Waals surface area contributed by atoms with Crippen LogP contribution in [-0.4, -0.2) is 62.9 Å². The molecule has 0 N–H and O–H groups in total. The number of methoxy groups -OCH3 is 2. The Morgan fingerprint density at radius 3 is 2.22 bits per heavy atom. The summed E-state index contributed by atoms with van der Waals surface area (Å²) in [6.45, 7) is 5.35. The third-order valence-electron chi connectivity index (χ3n) is 5.76. The lowest BCUT2D eigenvalue weighted by molar-refractivity contribution is 0.374. The van der Waals surface area contributed by atoms with Gasteiger partial charge in [0.2, 0.25) is 11.8 Å². The zero-order chi connectivity index (χ0) is 26.7. The van der Waals surface area contributed by atoms with E-state index in [1.54, 1.807) is 17.6 Å². The van der Waals surface area contributed by atoms with Crippen LogP contribution in [0.5, 0.6) is 11.8 Å². The number of nitrogens with zero attached hydrogens (tertiary/aromatic N) is 7. The number of fused-ring (bicyclic) bond motifs is 1. The van der Waals surface area contributed by atoms with E-state index >= 15 is 0 Å². The Kier molecular flexibility index (Phi) is 7.43. The minimum atomic E-state index is -3.33. The van der Waals surface area contributed by atoms with Gasteiger partial charge in [0.25, 0.3) is 5.56 Å². The standard InChI is InChI=1S/C24H27N7O5S/c1-6-37(33,34)16-9-7-15(25-11-16)8-10-17-24(32)31(14(2)3)21-18(29-17)12-26-20(30-21)19-22(35-4)27-13-28-23(19)36-5/h7,9,11-14H,6,8,10H2,1-5H3. The second-order valence-electron chi connectivity index (χ2n) is 8.39. The number of hydrogen-bond donors (Lipinski definition) is 0. The fourth-order valence-electron chi connectivity index (χ4n) is 3.82. The van der Waals surface area contributed by atoms with Crippen molar-refractivity contribution in [3.63, 3.8) is 0 Å². The summed E-state index contributed by atoms with van der Waals surface area (Å²) in [5, 5.41) is 0. The molecular formula is C24H27N7O5S. The maximum absolute atomic E-state index is 13.4. The van der Waals surface area contributed by atoms with E-state index in [4.69, 9.17) is 9.47 Å². The predicted octanol–water partition coefficient (Wildman–Crippen LogP) is 2.22. The molecule has 0 aliphatic heterocycles.